The number of unbranched alkanes of at least 4 members (excludes halogenated alkanes) is 1. The molecule has 1 saturated heterocycles. The molecule has 0 aromatic heterocycles. The van der Waals surface area contributed by atoms with Gasteiger partial charge >= 0.3 is 17.9 Å². The molecule has 0 spiro atoms. The van der Waals surface area contributed by atoms with E-state index in [0.29, 0.717) is 31.6 Å². The summed E-state index contributed by atoms with van der Waals surface area (Å²) in [5.41, 5.74) is 22.3. The van der Waals surface area contributed by atoms with Gasteiger partial charge in [0.25, 0.3) is 0 Å². The third kappa shape index (κ3) is 30.5. The molecule has 38 heteroatoms. The molecule has 1 rings (SSSR count). The van der Waals surface area contributed by atoms with Crippen LogP contribution in [-0.4, -0.2) is 237 Å². The molecule has 0 radical (unpaired) electrons. The lowest BCUT2D eigenvalue weighted by Gasteiger charge is -2.30. The minimum Gasteiger partial charge on any atom is -0.481 e. The Balaban J connectivity index is 3.27. The molecular formula is C57H96N16O21S. The fraction of sp³-hybridized carbons (Fsp3) is 0.702. The molecule has 0 unspecified atom stereocenters. The number of aliphatic hydroxyl groups excluding tert-OH is 1. The van der Waals surface area contributed by atoms with Crippen molar-refractivity contribution >= 4 is 112 Å². The Labute approximate surface area is 552 Å². The maximum Gasteiger partial charge on any atom is 0.326 e. The van der Waals surface area contributed by atoms with Gasteiger partial charge in [-0.2, -0.15) is 11.8 Å². The number of likely N-dealkylation sites (tertiary alicyclic amines) is 1. The maximum atomic E-state index is 14.0. The van der Waals surface area contributed by atoms with Gasteiger partial charge in [0.2, 0.25) is 82.7 Å². The number of nitrogens with one attached hydrogen (secondary N) is 11. The highest BCUT2D eigenvalue weighted by atomic mass is 32.2. The number of primary amides is 2. The summed E-state index contributed by atoms with van der Waals surface area (Å²) in [4.78, 5) is 224. The third-order valence-electron chi connectivity index (χ3n) is 14.8. The van der Waals surface area contributed by atoms with E-state index in [1.165, 1.54) is 23.6 Å². The van der Waals surface area contributed by atoms with Gasteiger partial charge in [0.15, 0.2) is 0 Å². The van der Waals surface area contributed by atoms with Crippen LogP contribution < -0.4 is 81.4 Å². The summed E-state index contributed by atoms with van der Waals surface area (Å²) in [5, 5.41) is 64.2. The largest absolute Gasteiger partial charge is 0.481 e. The van der Waals surface area contributed by atoms with Gasteiger partial charge in [-0.05, 0) is 81.8 Å². The number of nitrogens with zero attached hydrogens (tertiary/aromatic N) is 1. The summed E-state index contributed by atoms with van der Waals surface area (Å²) in [6.45, 7) is 8.91. The van der Waals surface area contributed by atoms with Crippen molar-refractivity contribution in [2.24, 2.45) is 40.7 Å². The molecule has 0 aromatic rings. The highest BCUT2D eigenvalue weighted by Crippen LogP contribution is 2.21. The zero-order chi connectivity index (χ0) is 72.6. The molecule has 0 aliphatic carbocycles. The molecule has 14 amide bonds. The second-order valence-electron chi connectivity index (χ2n) is 23.6. The van der Waals surface area contributed by atoms with Gasteiger partial charge in [-0.3, -0.25) is 76.7 Å². The second-order valence-corrected chi connectivity index (χ2v) is 24.6. The minimum atomic E-state index is -2.08. The molecule has 0 aromatic carbocycles. The Hall–Kier alpha value is -8.78. The number of carbonyl (C=O) groups is 17. The first-order valence-corrected chi connectivity index (χ1v) is 32.2. The molecule has 1 fully saturated rings. The van der Waals surface area contributed by atoms with Gasteiger partial charge < -0.3 is 107 Å². The Morgan fingerprint density at radius 2 is 1.03 bits per heavy atom. The summed E-state index contributed by atoms with van der Waals surface area (Å²) in [6.07, 6.45) is -0.353. The van der Waals surface area contributed by atoms with Crippen LogP contribution in [0.25, 0.3) is 0 Å². The standard InChI is InChI=1S/C57H96N16O21S/c1-9-28(6)45(72-52(88)34(21-40(61)76)66-47(83)30(59)13-10-11-16-58)55(91)69-33(20-39(60)75)50(86)67-32(19-26(2)3)49(85)68-36(23-43(80)81)51(87)70-37(25-74)53(89)63-29(7)46(82)65-35(22-42(78)79)48(84)62-24-41(77)64-31(15-18-95-8)56(92)73-17-12-14-38(73)54(90)71-44(27(4)5)57(93)94/h26-38,44-45,74H,9-25,58-59H2,1-8H3,(H2,60,75)(H2,61,76)(H,62,84)(H,63,89)(H,64,77)(H,65,82)(H,66,83)(H,67,86)(H,68,85)(H,69,91)(H,70,87)(H,71,90)(H,72,88)(H,78,79)(H,80,81)(H,93,94)/t28-,29-,30-,31-,32-,33-,34-,35-,36-,37-,38-,44-,45-/m0/s1. The lowest BCUT2D eigenvalue weighted by molar-refractivity contribution is -0.146. The van der Waals surface area contributed by atoms with Crippen LogP contribution in [0, 0.1) is 17.8 Å². The number of aliphatic hydroxyl groups is 1. The number of thioether (sulfide) groups is 1. The minimum absolute atomic E-state index is 0.0576. The van der Waals surface area contributed by atoms with Crippen LogP contribution in [0.5, 0.6) is 0 Å². The molecule has 1 aliphatic heterocycles. The van der Waals surface area contributed by atoms with Gasteiger partial charge in [-0.1, -0.05) is 54.4 Å². The Kier molecular flexibility index (Phi) is 37.7. The van der Waals surface area contributed by atoms with Crippen LogP contribution in [-0.2, 0) is 81.5 Å². The molecule has 95 heavy (non-hydrogen) atoms. The summed E-state index contributed by atoms with van der Waals surface area (Å²) < 4.78 is 0. The van der Waals surface area contributed by atoms with E-state index in [4.69, 9.17) is 22.9 Å². The van der Waals surface area contributed by atoms with Crippen molar-refractivity contribution in [3.8, 4) is 0 Å². The summed E-state index contributed by atoms with van der Waals surface area (Å²) >= 11 is 1.33. The van der Waals surface area contributed by atoms with Crippen molar-refractivity contribution in [1.82, 2.24) is 63.4 Å². The van der Waals surface area contributed by atoms with Crippen molar-refractivity contribution in [3.63, 3.8) is 0 Å². The normalized spacial score (nSPS) is 16.5. The third-order valence-corrected chi connectivity index (χ3v) is 15.5. The fourth-order valence-electron chi connectivity index (χ4n) is 9.41. The first-order valence-electron chi connectivity index (χ1n) is 30.8. The molecule has 37 nitrogen and oxygen atoms in total. The van der Waals surface area contributed by atoms with Gasteiger partial charge in [0, 0.05) is 6.54 Å². The monoisotopic (exact) mass is 1370 g/mol. The average molecular weight is 1370 g/mol. The van der Waals surface area contributed by atoms with E-state index >= 15 is 0 Å². The van der Waals surface area contributed by atoms with Gasteiger partial charge in [-0.15, -0.1) is 0 Å². The molecule has 13 atom stereocenters. The van der Waals surface area contributed by atoms with E-state index < -0.39 is 230 Å². The zero-order valence-corrected chi connectivity index (χ0v) is 55.4. The first-order chi connectivity index (χ1) is 44.4. The van der Waals surface area contributed by atoms with Gasteiger partial charge in [-0.25, -0.2) is 4.79 Å². The van der Waals surface area contributed by atoms with Crippen molar-refractivity contribution in [2.75, 3.05) is 38.2 Å². The van der Waals surface area contributed by atoms with Crippen LogP contribution in [0.4, 0.5) is 0 Å². The first kappa shape index (κ1) is 84.2. The molecule has 23 N–H and O–H groups in total. The smallest absolute Gasteiger partial charge is 0.326 e. The number of hydrogen-bond donors (Lipinski definition) is 19. The van der Waals surface area contributed by atoms with E-state index in [1.807, 2.05) is 5.32 Å². The lowest BCUT2D eigenvalue weighted by Crippen LogP contribution is -2.62. The van der Waals surface area contributed by atoms with E-state index in [2.05, 4.69) is 53.2 Å². The topological polar surface area (TPSA) is 611 Å². The summed E-state index contributed by atoms with van der Waals surface area (Å²) in [6, 6.07) is -19.0. The number of rotatable bonds is 45. The van der Waals surface area contributed by atoms with Crippen molar-refractivity contribution < 1.29 is 102 Å². The Bertz CT molecular complexity index is 2740. The van der Waals surface area contributed by atoms with Crippen LogP contribution in [0.1, 0.15) is 126 Å². The molecular weight excluding hydrogens is 1280 g/mol. The van der Waals surface area contributed by atoms with E-state index in [0.717, 1.165) is 6.92 Å². The van der Waals surface area contributed by atoms with Crippen LogP contribution >= 0.6 is 11.8 Å². The highest BCUT2D eigenvalue weighted by Gasteiger charge is 2.41. The molecule has 0 bridgehead atoms. The Morgan fingerprint density at radius 1 is 0.547 bits per heavy atom. The zero-order valence-electron chi connectivity index (χ0n) is 54.6. The van der Waals surface area contributed by atoms with Crippen LogP contribution in [0.3, 0.4) is 0 Å². The van der Waals surface area contributed by atoms with Crippen LogP contribution in [0.2, 0.25) is 0 Å². The molecule has 1 aliphatic rings. The quantitative estimate of drug-likeness (QED) is 0.0252. The number of aliphatic carboxylic acids is 3. The number of hydrogen-bond acceptors (Lipinski definition) is 21. The number of carbonyl (C=O) groups excluding carboxylic acids is 14. The van der Waals surface area contributed by atoms with E-state index in [1.54, 1.807) is 40.9 Å². The number of nitrogens with two attached hydrogens (primary N) is 4. The van der Waals surface area contributed by atoms with Crippen LogP contribution in [0.15, 0.2) is 0 Å². The van der Waals surface area contributed by atoms with E-state index in [-0.39, 0.29) is 38.6 Å². The van der Waals surface area contributed by atoms with Crippen molar-refractivity contribution in [3.05, 3.63) is 0 Å². The summed E-state index contributed by atoms with van der Waals surface area (Å²) in [5.74, 6) is -20.9. The predicted octanol–water partition coefficient (Wildman–Crippen LogP) is -7.30. The van der Waals surface area contributed by atoms with Gasteiger partial charge in [0.05, 0.1) is 44.9 Å². The molecule has 536 valence electrons. The van der Waals surface area contributed by atoms with Crippen molar-refractivity contribution in [2.45, 2.75) is 198 Å². The lowest BCUT2D eigenvalue weighted by atomic mass is 9.96. The number of amides is 14. The average Bonchev–Trinajstić information content (AvgIpc) is 1.73. The fourth-order valence-corrected chi connectivity index (χ4v) is 9.88. The number of carboxylic acid groups (broad SMARTS) is 3. The maximum absolute atomic E-state index is 14.0. The summed E-state index contributed by atoms with van der Waals surface area (Å²) in [7, 11) is 0. The van der Waals surface area contributed by atoms with Gasteiger partial charge in [0.1, 0.15) is 66.5 Å². The van der Waals surface area contributed by atoms with Crippen molar-refractivity contribution in [1.29, 1.82) is 0 Å². The second kappa shape index (κ2) is 42.5. The Morgan fingerprint density at radius 3 is 1.53 bits per heavy atom. The molecule has 1 heterocycles. The predicted molar refractivity (Wildman–Crippen MR) is 337 cm³/mol. The number of carboxylic acids is 3. The highest BCUT2D eigenvalue weighted by molar-refractivity contribution is 7.98. The van der Waals surface area contributed by atoms with E-state index in [9.17, 15) is 102 Å². The SMILES string of the molecule is CC[C@H](C)[C@H](NC(=O)[C@H](CC(N)=O)NC(=O)[C@@H](N)CCCCN)C(=O)N[C@@H](CC(N)=O)C(=O)N[C@@H](CC(C)C)C(=O)N[C@@H](CC(=O)O)C(=O)N[C@@H](CO)C(=O)N[C@@H](C)C(=O)N[C@@H](CC(=O)O)C(=O)NCC(=O)N[C@@H](CCSC)C(=O)N1CCC[C@H]1C(=O)N[C@H](C(=O)O)C(C)C. The molecule has 0 saturated carbocycles.